The van der Waals surface area contributed by atoms with Crippen molar-refractivity contribution in [3.63, 3.8) is 0 Å². The monoisotopic (exact) mass is 434 g/mol. The van der Waals surface area contributed by atoms with Gasteiger partial charge in [-0.15, -0.1) is 0 Å². The van der Waals surface area contributed by atoms with Gasteiger partial charge < -0.3 is 14.6 Å². The summed E-state index contributed by atoms with van der Waals surface area (Å²) in [6.07, 6.45) is 4.48. The molecule has 170 valence electrons. The highest BCUT2D eigenvalue weighted by Gasteiger charge is 2.30. The standard InChI is InChI=1S/C28H34O4/c1-27(2,3)21-12-10-20(11-13-21)16-17-28(4,19-26(29)30)22-14-15-24(31-5)25(18-22)32-23-8-6-7-9-23/h10-15,18,23H,6-9,19H2,1-5H3,(H,29,30)/t28-/m0/s1. The smallest absolute Gasteiger partial charge is 0.305 e. The third-order valence-corrected chi connectivity index (χ3v) is 6.14. The van der Waals surface area contributed by atoms with Gasteiger partial charge in [0.15, 0.2) is 11.5 Å². The fourth-order valence-electron chi connectivity index (χ4n) is 4.08. The fourth-order valence-corrected chi connectivity index (χ4v) is 4.08. The summed E-state index contributed by atoms with van der Waals surface area (Å²) in [5.74, 6) is 6.88. The number of ether oxygens (including phenoxy) is 2. The summed E-state index contributed by atoms with van der Waals surface area (Å²) in [7, 11) is 1.62. The summed E-state index contributed by atoms with van der Waals surface area (Å²) in [6, 6.07) is 13.8. The van der Waals surface area contributed by atoms with Crippen LogP contribution in [0.1, 0.15) is 76.5 Å². The molecule has 0 unspecified atom stereocenters. The van der Waals surface area contributed by atoms with E-state index in [0.29, 0.717) is 11.5 Å². The molecule has 1 fully saturated rings. The van der Waals surface area contributed by atoms with Gasteiger partial charge in [0.1, 0.15) is 0 Å². The normalized spacial score (nSPS) is 16.0. The average molecular weight is 435 g/mol. The molecule has 1 atom stereocenters. The summed E-state index contributed by atoms with van der Waals surface area (Å²) in [5.41, 5.74) is 2.12. The molecule has 0 bridgehead atoms. The zero-order valence-electron chi connectivity index (χ0n) is 19.8. The van der Waals surface area contributed by atoms with Gasteiger partial charge in [-0.2, -0.15) is 0 Å². The Kier molecular flexibility index (Phi) is 7.19. The molecular weight excluding hydrogens is 400 g/mol. The zero-order chi connectivity index (χ0) is 23.4. The van der Waals surface area contributed by atoms with Gasteiger partial charge in [-0.3, -0.25) is 4.79 Å². The maximum Gasteiger partial charge on any atom is 0.305 e. The Labute approximate surface area is 192 Å². The van der Waals surface area contributed by atoms with Crippen LogP contribution in [0.2, 0.25) is 0 Å². The van der Waals surface area contributed by atoms with E-state index >= 15 is 0 Å². The molecule has 4 heteroatoms. The van der Waals surface area contributed by atoms with Crippen LogP contribution in [0.4, 0.5) is 0 Å². The Morgan fingerprint density at radius 2 is 1.62 bits per heavy atom. The maximum atomic E-state index is 11.7. The molecule has 0 spiro atoms. The highest BCUT2D eigenvalue weighted by molar-refractivity contribution is 5.70. The van der Waals surface area contributed by atoms with Crippen molar-refractivity contribution in [1.29, 1.82) is 0 Å². The third-order valence-electron chi connectivity index (χ3n) is 6.14. The van der Waals surface area contributed by atoms with Crippen molar-refractivity contribution in [2.24, 2.45) is 0 Å². The molecule has 0 aliphatic heterocycles. The number of methoxy groups -OCH3 is 1. The van der Waals surface area contributed by atoms with Crippen LogP contribution in [0.5, 0.6) is 11.5 Å². The second kappa shape index (κ2) is 9.69. The van der Waals surface area contributed by atoms with Gasteiger partial charge in [-0.1, -0.05) is 50.8 Å². The second-order valence-corrected chi connectivity index (χ2v) is 9.87. The number of hydrogen-bond acceptors (Lipinski definition) is 3. The molecule has 0 radical (unpaired) electrons. The first-order valence-electron chi connectivity index (χ1n) is 11.3. The van der Waals surface area contributed by atoms with Crippen LogP contribution in [-0.2, 0) is 15.6 Å². The summed E-state index contributed by atoms with van der Waals surface area (Å²) in [5, 5.41) is 9.61. The van der Waals surface area contributed by atoms with Crippen LogP contribution >= 0.6 is 0 Å². The second-order valence-electron chi connectivity index (χ2n) is 9.87. The highest BCUT2D eigenvalue weighted by Crippen LogP contribution is 2.37. The molecule has 1 saturated carbocycles. The van der Waals surface area contributed by atoms with E-state index in [0.717, 1.165) is 24.0 Å². The van der Waals surface area contributed by atoms with Crippen molar-refractivity contribution in [2.45, 2.75) is 76.7 Å². The van der Waals surface area contributed by atoms with Gasteiger partial charge in [-0.05, 0) is 73.4 Å². The predicted octanol–water partition coefficient (Wildman–Crippen LogP) is 6.10. The van der Waals surface area contributed by atoms with E-state index in [4.69, 9.17) is 9.47 Å². The number of carboxylic acids is 1. The lowest BCUT2D eigenvalue weighted by Crippen LogP contribution is -2.24. The Morgan fingerprint density at radius 3 is 2.19 bits per heavy atom. The minimum atomic E-state index is -0.890. The quantitative estimate of drug-likeness (QED) is 0.558. The van der Waals surface area contributed by atoms with Crippen molar-refractivity contribution >= 4 is 5.97 Å². The van der Waals surface area contributed by atoms with Crippen LogP contribution in [-0.4, -0.2) is 24.3 Å². The van der Waals surface area contributed by atoms with Gasteiger partial charge in [0, 0.05) is 5.56 Å². The molecule has 32 heavy (non-hydrogen) atoms. The zero-order valence-corrected chi connectivity index (χ0v) is 19.8. The van der Waals surface area contributed by atoms with Crippen LogP contribution in [0.25, 0.3) is 0 Å². The molecule has 1 N–H and O–H groups in total. The first-order valence-corrected chi connectivity index (χ1v) is 11.3. The van der Waals surface area contributed by atoms with E-state index in [1.54, 1.807) is 7.11 Å². The van der Waals surface area contributed by atoms with Crippen molar-refractivity contribution in [2.75, 3.05) is 7.11 Å². The van der Waals surface area contributed by atoms with Crippen LogP contribution < -0.4 is 9.47 Å². The first-order chi connectivity index (χ1) is 15.1. The van der Waals surface area contributed by atoms with E-state index < -0.39 is 11.4 Å². The molecule has 0 saturated heterocycles. The number of hydrogen-bond donors (Lipinski definition) is 1. The summed E-state index contributed by atoms with van der Waals surface area (Å²) < 4.78 is 11.7. The molecule has 2 aromatic carbocycles. The number of carboxylic acid groups (broad SMARTS) is 1. The Bertz CT molecular complexity index is 998. The summed E-state index contributed by atoms with van der Waals surface area (Å²) in [4.78, 5) is 11.7. The first kappa shape index (κ1) is 23.7. The molecule has 1 aliphatic rings. The third kappa shape index (κ3) is 5.85. The Hall–Kier alpha value is -2.93. The van der Waals surface area contributed by atoms with Gasteiger partial charge in [-0.25, -0.2) is 0 Å². The van der Waals surface area contributed by atoms with Crippen molar-refractivity contribution in [3.05, 3.63) is 59.2 Å². The van der Waals surface area contributed by atoms with Crippen LogP contribution in [0.3, 0.4) is 0 Å². The molecule has 2 aromatic rings. The lowest BCUT2D eigenvalue weighted by molar-refractivity contribution is -0.137. The lowest BCUT2D eigenvalue weighted by atomic mass is 9.79. The van der Waals surface area contributed by atoms with Crippen molar-refractivity contribution in [1.82, 2.24) is 0 Å². The van der Waals surface area contributed by atoms with E-state index in [-0.39, 0.29) is 17.9 Å². The fraction of sp³-hybridized carbons (Fsp3) is 0.464. The molecule has 0 heterocycles. The number of carbonyl (C=O) groups is 1. The van der Waals surface area contributed by atoms with E-state index in [1.165, 1.54) is 18.4 Å². The molecule has 0 aromatic heterocycles. The van der Waals surface area contributed by atoms with Gasteiger partial charge in [0.05, 0.1) is 25.0 Å². The summed E-state index contributed by atoms with van der Waals surface area (Å²) in [6.45, 7) is 8.39. The van der Waals surface area contributed by atoms with Crippen LogP contribution in [0, 0.1) is 11.8 Å². The molecule has 4 nitrogen and oxygen atoms in total. The number of rotatable bonds is 6. The number of aliphatic carboxylic acids is 1. The van der Waals surface area contributed by atoms with Crippen molar-refractivity contribution in [3.8, 4) is 23.3 Å². The number of benzene rings is 2. The Balaban J connectivity index is 1.95. The highest BCUT2D eigenvalue weighted by atomic mass is 16.5. The minimum Gasteiger partial charge on any atom is -0.493 e. The van der Waals surface area contributed by atoms with E-state index in [2.05, 4.69) is 44.7 Å². The van der Waals surface area contributed by atoms with Gasteiger partial charge in [0.2, 0.25) is 0 Å². The van der Waals surface area contributed by atoms with E-state index in [1.807, 2.05) is 37.3 Å². The maximum absolute atomic E-state index is 11.7. The lowest BCUT2D eigenvalue weighted by Gasteiger charge is -2.24. The van der Waals surface area contributed by atoms with Gasteiger partial charge in [0.25, 0.3) is 0 Å². The summed E-state index contributed by atoms with van der Waals surface area (Å²) >= 11 is 0. The Morgan fingerprint density at radius 1 is 1.00 bits per heavy atom. The molecule has 0 amide bonds. The minimum absolute atomic E-state index is 0.0720. The average Bonchev–Trinajstić information content (AvgIpc) is 3.24. The largest absolute Gasteiger partial charge is 0.493 e. The van der Waals surface area contributed by atoms with Crippen molar-refractivity contribution < 1.29 is 19.4 Å². The van der Waals surface area contributed by atoms with Crippen LogP contribution in [0.15, 0.2) is 42.5 Å². The predicted molar refractivity (Wildman–Crippen MR) is 128 cm³/mol. The molecule has 3 rings (SSSR count). The SMILES string of the molecule is COc1ccc([C@@](C)(C#Cc2ccc(C(C)(C)C)cc2)CC(=O)O)cc1OC1CCCC1. The van der Waals surface area contributed by atoms with Gasteiger partial charge >= 0.3 is 5.97 Å². The van der Waals surface area contributed by atoms with E-state index in [9.17, 15) is 9.90 Å². The molecular formula is C28H34O4. The topological polar surface area (TPSA) is 55.8 Å². The molecule has 1 aliphatic carbocycles.